The maximum Gasteiger partial charge on any atom is 0.213 e. The largest absolute Gasteiger partial charge is 0.305 e. The van der Waals surface area contributed by atoms with Gasteiger partial charge in [-0.2, -0.15) is 0 Å². The van der Waals surface area contributed by atoms with E-state index in [0.717, 1.165) is 38.5 Å². The van der Waals surface area contributed by atoms with Gasteiger partial charge < -0.3 is 4.90 Å². The number of thiazole rings is 1. The molecule has 0 amide bonds. The van der Waals surface area contributed by atoms with E-state index in [2.05, 4.69) is 25.9 Å². The Morgan fingerprint density at radius 3 is 2.52 bits per heavy atom. The van der Waals surface area contributed by atoms with E-state index in [4.69, 9.17) is 4.98 Å². The molecule has 0 radical (unpaired) electrons. The average molecular weight is 426 g/mol. The van der Waals surface area contributed by atoms with Gasteiger partial charge in [0.25, 0.3) is 0 Å². The monoisotopic (exact) mass is 425 g/mol. The molecule has 2 aromatic carbocycles. The number of nitrogens with zero attached hydrogens (tertiary/aromatic N) is 5. The number of carbonyl (C=O) groups is 1. The van der Waals surface area contributed by atoms with Crippen molar-refractivity contribution in [1.29, 1.82) is 0 Å². The van der Waals surface area contributed by atoms with Crippen molar-refractivity contribution in [1.82, 2.24) is 24.8 Å². The number of carbonyl (C=O) groups excluding carboxylic acids is 1. The molecule has 0 aliphatic heterocycles. The van der Waals surface area contributed by atoms with E-state index in [1.54, 1.807) is 0 Å². The summed E-state index contributed by atoms with van der Waals surface area (Å²) in [5.74, 6) is -0.172. The van der Waals surface area contributed by atoms with Crippen LogP contribution in [0.4, 0.5) is 0 Å². The summed E-state index contributed by atoms with van der Waals surface area (Å²) in [6.07, 6.45) is 3.42. The molecule has 0 saturated heterocycles. The van der Waals surface area contributed by atoms with Crippen molar-refractivity contribution in [3.05, 3.63) is 83.8 Å². The topological polar surface area (TPSA) is 71.9 Å². The lowest BCUT2D eigenvalue weighted by Gasteiger charge is -2.08. The molecule has 0 aliphatic carbocycles. The summed E-state index contributed by atoms with van der Waals surface area (Å²) >= 11 is 1.48. The molecule has 0 bridgehead atoms. The Kier molecular flexibility index (Phi) is 4.97. The minimum absolute atomic E-state index is 0.172. The second-order valence-corrected chi connectivity index (χ2v) is 8.52. The predicted octanol–water partition coefficient (Wildman–Crippen LogP) is 4.59. The number of ketones is 1. The molecule has 0 N–H and O–H groups in total. The molecule has 3 heterocycles. The molecule has 7 heteroatoms. The van der Waals surface area contributed by atoms with E-state index in [0.29, 0.717) is 16.8 Å². The molecule has 0 saturated carbocycles. The number of pyridine rings is 1. The van der Waals surface area contributed by atoms with Crippen LogP contribution in [-0.4, -0.2) is 44.7 Å². The molecular formula is C24H19N5OS. The van der Waals surface area contributed by atoms with Crippen molar-refractivity contribution in [3.63, 3.8) is 0 Å². The van der Waals surface area contributed by atoms with E-state index in [1.165, 1.54) is 17.5 Å². The lowest BCUT2D eigenvalue weighted by Crippen LogP contribution is -2.10. The Labute approximate surface area is 183 Å². The Hall–Kier alpha value is -3.55. The number of para-hydroxylation sites is 2. The van der Waals surface area contributed by atoms with Gasteiger partial charge in [0.15, 0.2) is 0 Å². The Bertz CT molecular complexity index is 1430. The van der Waals surface area contributed by atoms with E-state index < -0.39 is 0 Å². The van der Waals surface area contributed by atoms with Crippen LogP contribution in [0.5, 0.6) is 0 Å². The molecule has 152 valence electrons. The zero-order valence-electron chi connectivity index (χ0n) is 17.1. The number of fused-ring (bicyclic) bond motifs is 2. The Morgan fingerprint density at radius 1 is 0.903 bits per heavy atom. The number of benzene rings is 2. The minimum atomic E-state index is -0.172. The molecule has 5 aromatic rings. The zero-order valence-corrected chi connectivity index (χ0v) is 17.9. The van der Waals surface area contributed by atoms with Crippen LogP contribution in [0.1, 0.15) is 21.6 Å². The first-order valence-electron chi connectivity index (χ1n) is 9.84. The van der Waals surface area contributed by atoms with E-state index in [9.17, 15) is 4.79 Å². The summed E-state index contributed by atoms with van der Waals surface area (Å²) in [4.78, 5) is 34.5. The Balaban J connectivity index is 1.56. The Morgan fingerprint density at radius 2 is 1.68 bits per heavy atom. The zero-order chi connectivity index (χ0) is 21.4. The average Bonchev–Trinajstić information content (AvgIpc) is 3.21. The predicted molar refractivity (Wildman–Crippen MR) is 123 cm³/mol. The van der Waals surface area contributed by atoms with Crippen molar-refractivity contribution in [2.75, 3.05) is 14.1 Å². The number of hydrogen-bond donors (Lipinski definition) is 0. The van der Waals surface area contributed by atoms with Crippen molar-refractivity contribution < 1.29 is 4.79 Å². The fourth-order valence-electron chi connectivity index (χ4n) is 3.50. The van der Waals surface area contributed by atoms with Gasteiger partial charge in [-0.05, 0) is 37.9 Å². The second-order valence-electron chi connectivity index (χ2n) is 7.54. The normalized spacial score (nSPS) is 11.5. The SMILES string of the molecule is CN(C)Cc1cnc2sc(-c3ccccc3C(=O)c3cnc4ccccc4n3)nc2c1. The summed E-state index contributed by atoms with van der Waals surface area (Å²) in [5, 5.41) is 0.766. The smallest absolute Gasteiger partial charge is 0.213 e. The minimum Gasteiger partial charge on any atom is -0.305 e. The van der Waals surface area contributed by atoms with Crippen molar-refractivity contribution in [2.45, 2.75) is 6.54 Å². The van der Waals surface area contributed by atoms with Gasteiger partial charge in [-0.25, -0.2) is 15.0 Å². The lowest BCUT2D eigenvalue weighted by molar-refractivity contribution is 0.103. The van der Waals surface area contributed by atoms with Gasteiger partial charge in [-0.15, -0.1) is 0 Å². The van der Waals surface area contributed by atoms with E-state index >= 15 is 0 Å². The molecular weight excluding hydrogens is 406 g/mol. The van der Waals surface area contributed by atoms with Gasteiger partial charge in [-0.3, -0.25) is 9.78 Å². The highest BCUT2D eigenvalue weighted by Crippen LogP contribution is 2.32. The first-order chi connectivity index (χ1) is 15.1. The molecule has 0 spiro atoms. The summed E-state index contributed by atoms with van der Waals surface area (Å²) in [7, 11) is 4.04. The summed E-state index contributed by atoms with van der Waals surface area (Å²) in [6, 6.07) is 17.1. The fraction of sp³-hybridized carbons (Fsp3) is 0.125. The molecule has 31 heavy (non-hydrogen) atoms. The van der Waals surface area contributed by atoms with Crippen molar-refractivity contribution in [3.8, 4) is 10.6 Å². The highest BCUT2D eigenvalue weighted by atomic mass is 32.1. The van der Waals surface area contributed by atoms with Gasteiger partial charge in [0.05, 0.1) is 17.2 Å². The maximum atomic E-state index is 13.3. The molecule has 5 rings (SSSR count). The number of rotatable bonds is 5. The molecule has 6 nitrogen and oxygen atoms in total. The van der Waals surface area contributed by atoms with Crippen LogP contribution in [0.3, 0.4) is 0 Å². The van der Waals surface area contributed by atoms with Gasteiger partial charge >= 0.3 is 0 Å². The van der Waals surface area contributed by atoms with Crippen molar-refractivity contribution >= 4 is 38.5 Å². The molecule has 0 atom stereocenters. The van der Waals surface area contributed by atoms with Crippen molar-refractivity contribution in [2.24, 2.45) is 0 Å². The van der Waals surface area contributed by atoms with Crippen LogP contribution in [0.15, 0.2) is 67.0 Å². The lowest BCUT2D eigenvalue weighted by atomic mass is 10.0. The van der Waals surface area contributed by atoms with Gasteiger partial charge in [0.1, 0.15) is 21.0 Å². The van der Waals surface area contributed by atoms with E-state index in [-0.39, 0.29) is 5.78 Å². The highest BCUT2D eigenvalue weighted by molar-refractivity contribution is 7.21. The second kappa shape index (κ2) is 7.94. The van der Waals surface area contributed by atoms with Gasteiger partial charge in [-0.1, -0.05) is 47.7 Å². The highest BCUT2D eigenvalue weighted by Gasteiger charge is 2.19. The van der Waals surface area contributed by atoms with Gasteiger partial charge in [0, 0.05) is 23.9 Å². The van der Waals surface area contributed by atoms with E-state index in [1.807, 2.05) is 68.8 Å². The standard InChI is InChI=1S/C24H19N5OS/c1-29(2)14-15-11-20-24(26-12-15)31-23(28-20)17-8-4-3-7-16(17)22(30)21-13-25-18-9-5-6-10-19(18)27-21/h3-13H,14H2,1-2H3. The van der Waals surface area contributed by atoms with Crippen LogP contribution in [-0.2, 0) is 6.54 Å². The van der Waals surface area contributed by atoms with Crippen LogP contribution >= 0.6 is 11.3 Å². The summed E-state index contributed by atoms with van der Waals surface area (Å²) < 4.78 is 0. The molecule has 0 aliphatic rings. The van der Waals surface area contributed by atoms with Gasteiger partial charge in [0.2, 0.25) is 5.78 Å². The first kappa shape index (κ1) is 19.4. The maximum absolute atomic E-state index is 13.3. The number of hydrogen-bond acceptors (Lipinski definition) is 7. The third-order valence-corrected chi connectivity index (χ3v) is 5.90. The van der Waals surface area contributed by atoms with Crippen LogP contribution in [0.25, 0.3) is 32.0 Å². The third kappa shape index (κ3) is 3.81. The first-order valence-corrected chi connectivity index (χ1v) is 10.7. The number of aromatic nitrogens is 4. The third-order valence-electron chi connectivity index (χ3n) is 4.89. The summed E-state index contributed by atoms with van der Waals surface area (Å²) in [5.41, 5.74) is 5.05. The van der Waals surface area contributed by atoms with Crippen LogP contribution in [0.2, 0.25) is 0 Å². The molecule has 0 unspecified atom stereocenters. The molecule has 0 fully saturated rings. The quantitative estimate of drug-likeness (QED) is 0.384. The fourth-order valence-corrected chi connectivity index (χ4v) is 4.43. The van der Waals surface area contributed by atoms with Crippen LogP contribution in [0, 0.1) is 0 Å². The summed E-state index contributed by atoms with van der Waals surface area (Å²) in [6.45, 7) is 0.797. The van der Waals surface area contributed by atoms with Crippen LogP contribution < -0.4 is 0 Å². The molecule has 3 aromatic heterocycles.